The molecule has 2 heteroatoms. The van der Waals surface area contributed by atoms with Gasteiger partial charge in [0.1, 0.15) is 0 Å². The minimum Gasteiger partial charge on any atom is -0.311 e. The van der Waals surface area contributed by atoms with Crippen LogP contribution in [-0.4, -0.2) is 0 Å². The molecule has 0 saturated carbocycles. The van der Waals surface area contributed by atoms with Crippen molar-refractivity contribution in [3.8, 4) is 89.0 Å². The lowest BCUT2D eigenvalue weighted by Crippen LogP contribution is -2.10. The first-order chi connectivity index (χ1) is 54.9. The van der Waals surface area contributed by atoms with Crippen LogP contribution in [0, 0.1) is 0 Å². The molecule has 2 aliphatic rings. The van der Waals surface area contributed by atoms with Crippen molar-refractivity contribution in [1.29, 1.82) is 0 Å². The van der Waals surface area contributed by atoms with Crippen molar-refractivity contribution in [2.75, 3.05) is 9.80 Å². The molecule has 20 rings (SSSR count). The summed E-state index contributed by atoms with van der Waals surface area (Å²) in [5.74, 6) is 0. The van der Waals surface area contributed by atoms with Gasteiger partial charge in [-0.05, 0) is 264 Å². The van der Waals surface area contributed by atoms with E-state index in [0.29, 0.717) is 0 Å². The second kappa shape index (κ2) is 28.9. The van der Waals surface area contributed by atoms with Crippen molar-refractivity contribution in [3.63, 3.8) is 0 Å². The summed E-state index contributed by atoms with van der Waals surface area (Å²) in [5, 5.41) is 10.0. The van der Waals surface area contributed by atoms with Crippen LogP contribution in [-0.2, 0) is 10.8 Å². The van der Waals surface area contributed by atoms with Crippen LogP contribution in [0.3, 0.4) is 0 Å². The van der Waals surface area contributed by atoms with Gasteiger partial charge < -0.3 is 9.80 Å². The molecular formula is C110H82N2. The number of nitrogens with zero attached hydrogens (tertiary/aromatic N) is 2. The van der Waals surface area contributed by atoms with Crippen molar-refractivity contribution < 1.29 is 0 Å². The highest BCUT2D eigenvalue weighted by molar-refractivity contribution is 5.93. The Morgan fingerprint density at radius 1 is 0.161 bits per heavy atom. The quantitative estimate of drug-likeness (QED) is 0.107. The standard InChI is InChI=1S/2C55H41N/c1-55(2)34-33-45-17-20-50(37-54(45)55)42-13-11-40(12-14-42)41-21-27-51(28-22-41)56(52-29-23-43(24-30-52)48-18-15-38-7-3-5-9-46(38)35-48)53-31-25-44(26-32-53)49-19-16-39-8-4-6-10-47(39)36-49;1-55(2)34-33-50-37-49(25-32-54(50)55)42-13-11-40(12-14-42)41-19-26-51(27-20-41)56(52-28-21-43(22-29-52)47-17-15-38-7-3-5-9-45(38)35-47)53-30-23-44(24-31-53)48-18-16-39-8-4-6-10-46(39)36-48/h2*3-37H,1-2H3. The average molecular weight is 1430 g/mol. The van der Waals surface area contributed by atoms with E-state index >= 15 is 0 Å². The summed E-state index contributed by atoms with van der Waals surface area (Å²) in [5.41, 5.74) is 31.7. The van der Waals surface area contributed by atoms with Gasteiger partial charge in [0, 0.05) is 45.0 Å². The van der Waals surface area contributed by atoms with Gasteiger partial charge in [0.2, 0.25) is 0 Å². The molecular weight excluding hydrogens is 1350 g/mol. The molecule has 0 bridgehead atoms. The first-order valence-corrected chi connectivity index (χ1v) is 39.0. The zero-order chi connectivity index (χ0) is 75.3. The highest BCUT2D eigenvalue weighted by Crippen LogP contribution is 2.44. The highest BCUT2D eigenvalue weighted by atomic mass is 15.1. The molecule has 0 saturated heterocycles. The number of fused-ring (bicyclic) bond motifs is 6. The Balaban J connectivity index is 0.000000151. The Bertz CT molecular complexity index is 6360. The van der Waals surface area contributed by atoms with E-state index < -0.39 is 0 Å². The first kappa shape index (κ1) is 68.6. The van der Waals surface area contributed by atoms with Gasteiger partial charge in [0.05, 0.1) is 0 Å². The van der Waals surface area contributed by atoms with Gasteiger partial charge in [0.15, 0.2) is 0 Å². The predicted molar refractivity (Wildman–Crippen MR) is 480 cm³/mol. The Morgan fingerprint density at radius 2 is 0.366 bits per heavy atom. The molecule has 0 aromatic heterocycles. The topological polar surface area (TPSA) is 6.48 Å². The van der Waals surface area contributed by atoms with Crippen LogP contribution in [0.25, 0.3) is 144 Å². The fraction of sp³-hybridized carbons (Fsp3) is 0.0545. The summed E-state index contributed by atoms with van der Waals surface area (Å²) in [6.45, 7) is 9.13. The number of rotatable bonds is 14. The lowest BCUT2D eigenvalue weighted by molar-refractivity contribution is 0.683. The van der Waals surface area contributed by atoms with Crippen molar-refractivity contribution in [1.82, 2.24) is 0 Å². The summed E-state index contributed by atoms with van der Waals surface area (Å²) in [6, 6.07) is 146. The lowest BCUT2D eigenvalue weighted by atomic mass is 9.85. The second-order valence-corrected chi connectivity index (χ2v) is 31.1. The summed E-state index contributed by atoms with van der Waals surface area (Å²) in [4.78, 5) is 4.70. The molecule has 112 heavy (non-hydrogen) atoms. The molecule has 532 valence electrons. The number of allylic oxidation sites excluding steroid dienone is 2. The average Bonchev–Trinajstić information content (AvgIpc) is 1.57. The van der Waals surface area contributed by atoms with E-state index in [1.165, 1.54) is 154 Å². The third-order valence-corrected chi connectivity index (χ3v) is 23.0. The minimum absolute atomic E-state index is 0.0689. The predicted octanol–water partition coefficient (Wildman–Crippen LogP) is 30.9. The largest absolute Gasteiger partial charge is 0.311 e. The Labute approximate surface area is 657 Å². The Morgan fingerprint density at radius 3 is 0.661 bits per heavy atom. The Hall–Kier alpha value is -13.9. The number of hydrogen-bond acceptors (Lipinski definition) is 2. The van der Waals surface area contributed by atoms with Gasteiger partial charge in [-0.1, -0.05) is 343 Å². The van der Waals surface area contributed by atoms with Crippen molar-refractivity contribution in [2.45, 2.75) is 38.5 Å². The fourth-order valence-electron chi connectivity index (χ4n) is 16.6. The van der Waals surface area contributed by atoms with Crippen molar-refractivity contribution in [3.05, 3.63) is 435 Å². The van der Waals surface area contributed by atoms with Gasteiger partial charge in [0.25, 0.3) is 0 Å². The normalized spacial score (nSPS) is 12.9. The number of benzene rings is 18. The van der Waals surface area contributed by atoms with Crippen LogP contribution in [0.1, 0.15) is 49.9 Å². The second-order valence-electron chi connectivity index (χ2n) is 31.1. The van der Waals surface area contributed by atoms with Crippen LogP contribution < -0.4 is 9.80 Å². The highest BCUT2D eigenvalue weighted by Gasteiger charge is 2.27. The molecule has 0 N–H and O–H groups in total. The molecule has 0 radical (unpaired) electrons. The molecule has 18 aromatic rings. The van der Waals surface area contributed by atoms with Gasteiger partial charge >= 0.3 is 0 Å². The van der Waals surface area contributed by atoms with Crippen LogP contribution in [0.15, 0.2) is 413 Å². The third kappa shape index (κ3) is 13.7. The maximum Gasteiger partial charge on any atom is 0.0462 e. The SMILES string of the molecule is CC1(C)C=Cc2cc(-c3ccc(-c4ccc(N(c5ccc(-c6ccc7ccccc7c6)cc5)c5ccc(-c6ccc7ccccc7c6)cc5)cc4)cc3)ccc21.CC1(C)C=Cc2ccc(-c3ccc(-c4ccc(N(c5ccc(-c6ccc7ccccc7c6)cc5)c5ccc(-c6ccc7ccccc7c6)cc5)cc4)cc3)cc21. The molecule has 0 spiro atoms. The zero-order valence-corrected chi connectivity index (χ0v) is 63.3. The van der Waals surface area contributed by atoms with Gasteiger partial charge in [-0.2, -0.15) is 0 Å². The van der Waals surface area contributed by atoms with Gasteiger partial charge in [-0.3, -0.25) is 0 Å². The summed E-state index contributed by atoms with van der Waals surface area (Å²) in [6.07, 6.45) is 9.11. The van der Waals surface area contributed by atoms with Gasteiger partial charge in [-0.15, -0.1) is 0 Å². The van der Waals surface area contributed by atoms with E-state index in [1.54, 1.807) is 0 Å². The van der Waals surface area contributed by atoms with Gasteiger partial charge in [-0.25, -0.2) is 0 Å². The summed E-state index contributed by atoms with van der Waals surface area (Å²) >= 11 is 0. The molecule has 0 unspecified atom stereocenters. The van der Waals surface area contributed by atoms with E-state index in [0.717, 1.165) is 34.1 Å². The van der Waals surface area contributed by atoms with Crippen LogP contribution in [0.2, 0.25) is 0 Å². The zero-order valence-electron chi connectivity index (χ0n) is 63.3. The maximum absolute atomic E-state index is 2.36. The molecule has 0 heterocycles. The Kier molecular flexibility index (Phi) is 17.7. The fourth-order valence-corrected chi connectivity index (χ4v) is 16.6. The van der Waals surface area contributed by atoms with Crippen molar-refractivity contribution >= 4 is 89.4 Å². The van der Waals surface area contributed by atoms with Crippen LogP contribution in [0.4, 0.5) is 34.1 Å². The van der Waals surface area contributed by atoms with E-state index in [1.807, 2.05) is 0 Å². The maximum atomic E-state index is 2.36. The number of hydrogen-bond donors (Lipinski definition) is 0. The molecule has 2 nitrogen and oxygen atoms in total. The van der Waals surface area contributed by atoms with Crippen LogP contribution >= 0.6 is 0 Å². The monoisotopic (exact) mass is 1430 g/mol. The summed E-state index contributed by atoms with van der Waals surface area (Å²) in [7, 11) is 0. The van der Waals surface area contributed by atoms with E-state index in [2.05, 4.69) is 462 Å². The number of anilines is 6. The molecule has 0 fully saturated rings. The summed E-state index contributed by atoms with van der Waals surface area (Å²) < 4.78 is 0. The first-order valence-electron chi connectivity index (χ1n) is 39.0. The van der Waals surface area contributed by atoms with E-state index in [4.69, 9.17) is 0 Å². The van der Waals surface area contributed by atoms with Crippen molar-refractivity contribution in [2.24, 2.45) is 0 Å². The van der Waals surface area contributed by atoms with E-state index in [9.17, 15) is 0 Å². The smallest absolute Gasteiger partial charge is 0.0462 e. The van der Waals surface area contributed by atoms with E-state index in [-0.39, 0.29) is 10.8 Å². The molecule has 0 amide bonds. The third-order valence-electron chi connectivity index (χ3n) is 23.0. The van der Waals surface area contributed by atoms with Crippen LogP contribution in [0.5, 0.6) is 0 Å². The molecule has 18 aromatic carbocycles. The minimum atomic E-state index is 0.0689. The lowest BCUT2D eigenvalue weighted by Gasteiger charge is -2.26. The molecule has 0 aliphatic heterocycles. The molecule has 0 atom stereocenters. The molecule has 2 aliphatic carbocycles.